The molecule has 120 valence electrons. The summed E-state index contributed by atoms with van der Waals surface area (Å²) in [4.78, 5) is -0.0485. The number of hydrogen-bond acceptors (Lipinski definition) is 2. The highest BCUT2D eigenvalue weighted by Gasteiger charge is 2.32. The van der Waals surface area contributed by atoms with Crippen molar-refractivity contribution in [2.24, 2.45) is 0 Å². The molecular formula is C16H12F3NO2S. The average molecular weight is 339 g/mol. The highest BCUT2D eigenvalue weighted by Crippen LogP contribution is 2.33. The van der Waals surface area contributed by atoms with Crippen LogP contribution in [-0.2, 0) is 16.2 Å². The van der Waals surface area contributed by atoms with Crippen LogP contribution in [0.25, 0.3) is 0 Å². The summed E-state index contributed by atoms with van der Waals surface area (Å²) in [5.74, 6) is 2.17. The van der Waals surface area contributed by atoms with Crippen LogP contribution in [0.2, 0.25) is 0 Å². The van der Waals surface area contributed by atoms with E-state index in [0.29, 0.717) is 0 Å². The molecule has 0 heterocycles. The maximum Gasteiger partial charge on any atom is 0.416 e. The minimum absolute atomic E-state index is 0.0485. The Balaban J connectivity index is 2.54. The van der Waals surface area contributed by atoms with Gasteiger partial charge in [-0.3, -0.25) is 4.31 Å². The lowest BCUT2D eigenvalue weighted by atomic mass is 10.2. The van der Waals surface area contributed by atoms with Gasteiger partial charge < -0.3 is 0 Å². The third-order valence-corrected chi connectivity index (χ3v) is 4.82. The second-order valence-corrected chi connectivity index (χ2v) is 6.44. The first kappa shape index (κ1) is 16.9. The van der Waals surface area contributed by atoms with Gasteiger partial charge in [-0.2, -0.15) is 13.2 Å². The topological polar surface area (TPSA) is 37.4 Å². The van der Waals surface area contributed by atoms with E-state index in [2.05, 4.69) is 5.92 Å². The maximum atomic E-state index is 12.8. The van der Waals surface area contributed by atoms with E-state index in [1.807, 2.05) is 0 Å². The first-order chi connectivity index (χ1) is 10.8. The fraction of sp³-hybridized carbons (Fsp3) is 0.125. The van der Waals surface area contributed by atoms with Gasteiger partial charge in [-0.05, 0) is 30.3 Å². The third kappa shape index (κ3) is 3.66. The van der Waals surface area contributed by atoms with Gasteiger partial charge in [0, 0.05) is 0 Å². The standard InChI is InChI=1S/C16H12F3NO2S/c1-2-11-20(23(21,22)15-9-4-3-5-10-15)14-8-6-7-13(12-14)16(17,18)19/h1,3-10,12H,11H2. The van der Waals surface area contributed by atoms with Crippen LogP contribution in [0, 0.1) is 12.3 Å². The van der Waals surface area contributed by atoms with Gasteiger partial charge in [-0.25, -0.2) is 8.42 Å². The largest absolute Gasteiger partial charge is 0.416 e. The molecule has 2 rings (SSSR count). The molecule has 0 aromatic heterocycles. The molecule has 2 aromatic carbocycles. The van der Waals surface area contributed by atoms with Crippen molar-refractivity contribution >= 4 is 15.7 Å². The Kier molecular flexibility index (Phi) is 4.66. The van der Waals surface area contributed by atoms with E-state index in [1.54, 1.807) is 6.07 Å². The molecular weight excluding hydrogens is 327 g/mol. The Bertz CT molecular complexity index is 824. The van der Waals surface area contributed by atoms with Gasteiger partial charge in [-0.1, -0.05) is 30.2 Å². The van der Waals surface area contributed by atoms with E-state index in [4.69, 9.17) is 6.42 Å². The molecule has 0 amide bonds. The summed E-state index contributed by atoms with van der Waals surface area (Å²) >= 11 is 0. The molecule has 0 saturated heterocycles. The number of benzene rings is 2. The Morgan fingerprint density at radius 3 is 2.26 bits per heavy atom. The molecule has 0 fully saturated rings. The van der Waals surface area contributed by atoms with Crippen LogP contribution < -0.4 is 4.31 Å². The predicted molar refractivity (Wildman–Crippen MR) is 81.3 cm³/mol. The van der Waals surface area contributed by atoms with Gasteiger partial charge in [0.05, 0.1) is 22.7 Å². The molecule has 0 saturated carbocycles. The summed E-state index contributed by atoms with van der Waals surface area (Å²) in [7, 11) is -4.06. The summed E-state index contributed by atoms with van der Waals surface area (Å²) in [5.41, 5.74) is -1.08. The Labute approximate surface area is 132 Å². The molecule has 7 heteroatoms. The van der Waals surface area contributed by atoms with Crippen molar-refractivity contribution in [1.82, 2.24) is 0 Å². The lowest BCUT2D eigenvalue weighted by molar-refractivity contribution is -0.137. The highest BCUT2D eigenvalue weighted by molar-refractivity contribution is 7.92. The number of sulfonamides is 1. The quantitative estimate of drug-likeness (QED) is 0.799. The molecule has 0 spiro atoms. The van der Waals surface area contributed by atoms with Crippen LogP contribution in [0.4, 0.5) is 18.9 Å². The number of anilines is 1. The molecule has 0 aliphatic heterocycles. The average Bonchev–Trinajstić information content (AvgIpc) is 2.52. The van der Waals surface area contributed by atoms with E-state index in [-0.39, 0.29) is 17.1 Å². The van der Waals surface area contributed by atoms with E-state index in [9.17, 15) is 21.6 Å². The Morgan fingerprint density at radius 1 is 1.04 bits per heavy atom. The van der Waals surface area contributed by atoms with E-state index < -0.39 is 21.8 Å². The van der Waals surface area contributed by atoms with E-state index in [0.717, 1.165) is 22.5 Å². The van der Waals surface area contributed by atoms with Crippen molar-refractivity contribution < 1.29 is 21.6 Å². The summed E-state index contributed by atoms with van der Waals surface area (Å²) in [6.45, 7) is -0.376. The number of nitrogens with zero attached hydrogens (tertiary/aromatic N) is 1. The molecule has 0 atom stereocenters. The molecule has 0 N–H and O–H groups in total. The van der Waals surface area contributed by atoms with Crippen LogP contribution in [0.3, 0.4) is 0 Å². The minimum Gasteiger partial charge on any atom is -0.254 e. The number of rotatable bonds is 4. The summed E-state index contributed by atoms with van der Waals surface area (Å²) < 4.78 is 64.5. The van der Waals surface area contributed by atoms with Crippen molar-refractivity contribution in [3.8, 4) is 12.3 Å². The minimum atomic E-state index is -4.58. The van der Waals surface area contributed by atoms with Crippen molar-refractivity contribution in [3.63, 3.8) is 0 Å². The fourth-order valence-electron chi connectivity index (χ4n) is 1.96. The van der Waals surface area contributed by atoms with Crippen LogP contribution in [0.1, 0.15) is 5.56 Å². The SMILES string of the molecule is C#CCN(c1cccc(C(F)(F)F)c1)S(=O)(=O)c1ccccc1. The smallest absolute Gasteiger partial charge is 0.254 e. The van der Waals surface area contributed by atoms with Gasteiger partial charge in [0.1, 0.15) is 0 Å². The Morgan fingerprint density at radius 2 is 1.70 bits per heavy atom. The van der Waals surface area contributed by atoms with Crippen molar-refractivity contribution in [2.45, 2.75) is 11.1 Å². The van der Waals surface area contributed by atoms with Gasteiger partial charge in [-0.15, -0.1) is 6.42 Å². The lowest BCUT2D eigenvalue weighted by Crippen LogP contribution is -2.31. The summed E-state index contributed by atoms with van der Waals surface area (Å²) in [6, 6.07) is 11.4. The van der Waals surface area contributed by atoms with E-state index in [1.165, 1.54) is 30.3 Å². The molecule has 0 bridgehead atoms. The van der Waals surface area contributed by atoms with Crippen LogP contribution in [0.5, 0.6) is 0 Å². The zero-order valence-electron chi connectivity index (χ0n) is 11.8. The van der Waals surface area contributed by atoms with Crippen molar-refractivity contribution in [3.05, 3.63) is 60.2 Å². The van der Waals surface area contributed by atoms with Crippen LogP contribution in [0.15, 0.2) is 59.5 Å². The van der Waals surface area contributed by atoms with Crippen LogP contribution in [-0.4, -0.2) is 15.0 Å². The summed E-state index contributed by atoms with van der Waals surface area (Å²) in [6.07, 6.45) is 0.612. The first-order valence-corrected chi connectivity index (χ1v) is 7.89. The first-order valence-electron chi connectivity index (χ1n) is 6.45. The molecule has 2 aromatic rings. The normalized spacial score (nSPS) is 11.7. The predicted octanol–water partition coefficient (Wildman–Crippen LogP) is 3.53. The van der Waals surface area contributed by atoms with Gasteiger partial charge >= 0.3 is 6.18 Å². The Hall–Kier alpha value is -2.46. The fourth-order valence-corrected chi connectivity index (χ4v) is 3.35. The highest BCUT2D eigenvalue weighted by atomic mass is 32.2. The van der Waals surface area contributed by atoms with Gasteiger partial charge in [0.2, 0.25) is 0 Å². The zero-order chi connectivity index (χ0) is 17.1. The number of halogens is 3. The van der Waals surface area contributed by atoms with Gasteiger partial charge in [0.15, 0.2) is 0 Å². The maximum absolute atomic E-state index is 12.8. The molecule has 23 heavy (non-hydrogen) atoms. The lowest BCUT2D eigenvalue weighted by Gasteiger charge is -2.23. The van der Waals surface area contributed by atoms with Crippen molar-refractivity contribution in [1.29, 1.82) is 0 Å². The monoisotopic (exact) mass is 339 g/mol. The van der Waals surface area contributed by atoms with Gasteiger partial charge in [0.25, 0.3) is 10.0 Å². The molecule has 3 nitrogen and oxygen atoms in total. The molecule has 0 unspecified atom stereocenters. The molecule has 0 radical (unpaired) electrons. The number of terminal acetylenes is 1. The third-order valence-electron chi connectivity index (χ3n) is 3.03. The molecule has 0 aliphatic carbocycles. The number of hydrogen-bond donors (Lipinski definition) is 0. The zero-order valence-corrected chi connectivity index (χ0v) is 12.6. The van der Waals surface area contributed by atoms with Crippen molar-refractivity contribution in [2.75, 3.05) is 10.8 Å². The number of alkyl halides is 3. The van der Waals surface area contributed by atoms with Crippen LogP contribution >= 0.6 is 0 Å². The van der Waals surface area contributed by atoms with E-state index >= 15 is 0 Å². The second-order valence-electron chi connectivity index (χ2n) is 4.58. The summed E-state index contributed by atoms with van der Waals surface area (Å²) in [5, 5.41) is 0. The second kappa shape index (κ2) is 6.34. The molecule has 0 aliphatic rings.